The van der Waals surface area contributed by atoms with Gasteiger partial charge in [0, 0.05) is 36.6 Å². The van der Waals surface area contributed by atoms with Gasteiger partial charge in [-0.25, -0.2) is 0 Å². The predicted molar refractivity (Wildman–Crippen MR) is 105 cm³/mol. The van der Waals surface area contributed by atoms with Crippen LogP contribution in [0.3, 0.4) is 0 Å². The van der Waals surface area contributed by atoms with Crippen LogP contribution in [0.2, 0.25) is 0 Å². The first-order valence-corrected chi connectivity index (χ1v) is 9.80. The summed E-state index contributed by atoms with van der Waals surface area (Å²) in [5.74, 6) is 2.77. The number of nitrogens with one attached hydrogen (secondary N) is 1. The molecule has 7 nitrogen and oxygen atoms in total. The average Bonchev–Trinajstić information content (AvgIpc) is 3.19. The van der Waals surface area contributed by atoms with Gasteiger partial charge in [0.25, 0.3) is 0 Å². The van der Waals surface area contributed by atoms with Crippen molar-refractivity contribution >= 4 is 5.91 Å². The van der Waals surface area contributed by atoms with E-state index in [0.717, 1.165) is 60.0 Å². The number of hydrogen-bond donors (Lipinski definition) is 1. The molecule has 3 heterocycles. The number of amides is 1. The second-order valence-electron chi connectivity index (χ2n) is 7.35. The molecule has 0 fully saturated rings. The zero-order chi connectivity index (χ0) is 19.5. The Hall–Kier alpha value is -2.96. The van der Waals surface area contributed by atoms with Gasteiger partial charge < -0.3 is 14.4 Å². The van der Waals surface area contributed by atoms with Gasteiger partial charge in [-0.05, 0) is 33.1 Å². The molecule has 146 valence electrons. The third-order valence-corrected chi connectivity index (χ3v) is 5.43. The molecule has 1 amide bonds. The summed E-state index contributed by atoms with van der Waals surface area (Å²) >= 11 is 0. The topological polar surface area (TPSA) is 85.8 Å². The summed E-state index contributed by atoms with van der Waals surface area (Å²) in [6.45, 7) is 4.61. The van der Waals surface area contributed by atoms with E-state index in [0.29, 0.717) is 12.8 Å². The lowest BCUT2D eigenvalue weighted by molar-refractivity contribution is -0.121. The van der Waals surface area contributed by atoms with Crippen LogP contribution in [0.1, 0.15) is 42.1 Å². The fourth-order valence-electron chi connectivity index (χ4n) is 3.83. The zero-order valence-corrected chi connectivity index (χ0v) is 16.3. The van der Waals surface area contributed by atoms with Gasteiger partial charge >= 0.3 is 0 Å². The number of carbonyl (C=O) groups excluding carboxylic acids is 1. The van der Waals surface area contributed by atoms with E-state index in [1.54, 1.807) is 0 Å². The van der Waals surface area contributed by atoms with E-state index >= 15 is 0 Å². The van der Waals surface area contributed by atoms with Gasteiger partial charge in [0.1, 0.15) is 11.6 Å². The normalized spacial score (nSPS) is 16.4. The largest absolute Gasteiger partial charge is 0.361 e. The smallest absolute Gasteiger partial charge is 0.220 e. The van der Waals surface area contributed by atoms with E-state index < -0.39 is 0 Å². The molecule has 0 aliphatic carbocycles. The van der Waals surface area contributed by atoms with E-state index in [9.17, 15) is 4.79 Å². The number of fused-ring (bicyclic) bond motifs is 1. The Kier molecular flexibility index (Phi) is 5.23. The summed E-state index contributed by atoms with van der Waals surface area (Å²) in [6, 6.07) is 10.3. The number of hydrogen-bond acceptors (Lipinski definition) is 5. The second-order valence-corrected chi connectivity index (χ2v) is 7.35. The number of aryl methyl sites for hydroxylation is 3. The molecule has 0 saturated carbocycles. The molecule has 3 aromatic rings. The molecule has 1 unspecified atom stereocenters. The van der Waals surface area contributed by atoms with E-state index in [4.69, 9.17) is 4.52 Å². The molecule has 1 aliphatic heterocycles. The van der Waals surface area contributed by atoms with Crippen molar-refractivity contribution in [1.82, 2.24) is 25.2 Å². The first kappa shape index (κ1) is 18.4. The summed E-state index contributed by atoms with van der Waals surface area (Å²) in [5, 5.41) is 15.9. The first-order chi connectivity index (χ1) is 13.6. The molecular weight excluding hydrogens is 354 g/mol. The van der Waals surface area contributed by atoms with Gasteiger partial charge in [0.05, 0.1) is 5.69 Å². The maximum absolute atomic E-state index is 12.4. The minimum atomic E-state index is 0.0750. The van der Waals surface area contributed by atoms with Crippen molar-refractivity contribution in [2.45, 2.75) is 58.5 Å². The van der Waals surface area contributed by atoms with Crippen molar-refractivity contribution < 1.29 is 9.32 Å². The van der Waals surface area contributed by atoms with Crippen molar-refractivity contribution in [3.8, 4) is 11.4 Å². The van der Waals surface area contributed by atoms with E-state index in [2.05, 4.69) is 37.4 Å². The molecule has 1 aromatic carbocycles. The quantitative estimate of drug-likeness (QED) is 0.736. The molecule has 0 radical (unpaired) electrons. The molecule has 28 heavy (non-hydrogen) atoms. The van der Waals surface area contributed by atoms with Crippen LogP contribution in [0.25, 0.3) is 11.4 Å². The van der Waals surface area contributed by atoms with Crippen LogP contribution in [0.4, 0.5) is 0 Å². The van der Waals surface area contributed by atoms with Gasteiger partial charge in [0.15, 0.2) is 5.82 Å². The molecular formula is C21H25N5O2. The number of benzene rings is 1. The van der Waals surface area contributed by atoms with Crippen molar-refractivity contribution in [3.63, 3.8) is 0 Å². The van der Waals surface area contributed by atoms with Crippen LogP contribution < -0.4 is 5.32 Å². The standard InChI is InChI=1S/C21H25N5O2/c1-14-18(15(2)28-25-14)9-11-20(27)22-17-8-10-19-23-24-21(26(19)13-12-17)16-6-4-3-5-7-16/h3-7,17H,8-13H2,1-2H3,(H,22,27). The Labute approximate surface area is 164 Å². The second kappa shape index (κ2) is 7.96. The lowest BCUT2D eigenvalue weighted by Crippen LogP contribution is -2.35. The average molecular weight is 379 g/mol. The van der Waals surface area contributed by atoms with Crippen LogP contribution in [-0.4, -0.2) is 31.9 Å². The highest BCUT2D eigenvalue weighted by Crippen LogP contribution is 2.22. The molecule has 7 heteroatoms. The highest BCUT2D eigenvalue weighted by Gasteiger charge is 2.22. The number of aromatic nitrogens is 4. The van der Waals surface area contributed by atoms with Crippen molar-refractivity contribution in [3.05, 3.63) is 53.2 Å². The summed E-state index contributed by atoms with van der Waals surface area (Å²) in [4.78, 5) is 12.4. The number of carbonyl (C=O) groups is 1. The van der Waals surface area contributed by atoms with Crippen LogP contribution in [0.5, 0.6) is 0 Å². The van der Waals surface area contributed by atoms with E-state index in [-0.39, 0.29) is 11.9 Å². The Balaban J connectivity index is 1.35. The van der Waals surface area contributed by atoms with E-state index in [1.165, 1.54) is 0 Å². The Morgan fingerprint density at radius 1 is 1.21 bits per heavy atom. The number of nitrogens with zero attached hydrogens (tertiary/aromatic N) is 4. The Morgan fingerprint density at radius 3 is 2.79 bits per heavy atom. The van der Waals surface area contributed by atoms with Gasteiger partial charge in [-0.2, -0.15) is 0 Å². The highest BCUT2D eigenvalue weighted by atomic mass is 16.5. The summed E-state index contributed by atoms with van der Waals surface area (Å²) in [6.07, 6.45) is 3.67. The van der Waals surface area contributed by atoms with Crippen LogP contribution >= 0.6 is 0 Å². The third-order valence-electron chi connectivity index (χ3n) is 5.43. The maximum Gasteiger partial charge on any atom is 0.220 e. The molecule has 1 atom stereocenters. The summed E-state index contributed by atoms with van der Waals surface area (Å²) in [5.41, 5.74) is 2.98. The molecule has 0 bridgehead atoms. The molecule has 1 N–H and O–H groups in total. The maximum atomic E-state index is 12.4. The highest BCUT2D eigenvalue weighted by molar-refractivity contribution is 5.76. The summed E-state index contributed by atoms with van der Waals surface area (Å²) < 4.78 is 7.36. The Bertz CT molecular complexity index is 941. The number of rotatable bonds is 5. The first-order valence-electron chi connectivity index (χ1n) is 9.80. The van der Waals surface area contributed by atoms with Gasteiger partial charge in [-0.3, -0.25) is 4.79 Å². The molecule has 0 saturated heterocycles. The monoisotopic (exact) mass is 379 g/mol. The van der Waals surface area contributed by atoms with E-state index in [1.807, 2.05) is 32.0 Å². The zero-order valence-electron chi connectivity index (χ0n) is 16.3. The molecule has 4 rings (SSSR count). The van der Waals surface area contributed by atoms with Crippen molar-refractivity contribution in [2.24, 2.45) is 0 Å². The molecule has 0 spiro atoms. The fraction of sp³-hybridized carbons (Fsp3) is 0.429. The Morgan fingerprint density at radius 2 is 2.04 bits per heavy atom. The van der Waals surface area contributed by atoms with Crippen LogP contribution in [0, 0.1) is 13.8 Å². The molecule has 1 aliphatic rings. The van der Waals surface area contributed by atoms with Crippen molar-refractivity contribution in [1.29, 1.82) is 0 Å². The summed E-state index contributed by atoms with van der Waals surface area (Å²) in [7, 11) is 0. The van der Waals surface area contributed by atoms with Crippen LogP contribution in [-0.2, 0) is 24.2 Å². The van der Waals surface area contributed by atoms with Crippen LogP contribution in [0.15, 0.2) is 34.9 Å². The lowest BCUT2D eigenvalue weighted by Gasteiger charge is -2.16. The SMILES string of the molecule is Cc1noc(C)c1CCC(=O)NC1CCc2nnc(-c3ccccc3)n2CC1. The minimum Gasteiger partial charge on any atom is -0.361 e. The van der Waals surface area contributed by atoms with Crippen molar-refractivity contribution in [2.75, 3.05) is 0 Å². The molecule has 2 aromatic heterocycles. The third kappa shape index (κ3) is 3.83. The minimum absolute atomic E-state index is 0.0750. The van der Waals surface area contributed by atoms with Gasteiger partial charge in [0.2, 0.25) is 5.91 Å². The lowest BCUT2D eigenvalue weighted by atomic mass is 10.1. The predicted octanol–water partition coefficient (Wildman–Crippen LogP) is 3.00. The fourth-order valence-corrected chi connectivity index (χ4v) is 3.83. The van der Waals surface area contributed by atoms with Gasteiger partial charge in [-0.1, -0.05) is 35.5 Å². The van der Waals surface area contributed by atoms with Gasteiger partial charge in [-0.15, -0.1) is 10.2 Å².